The second-order valence-corrected chi connectivity index (χ2v) is 8.35. The number of nitrogens with zero attached hydrogens (tertiary/aromatic N) is 3. The monoisotopic (exact) mass is 302 g/mol. The third-order valence-corrected chi connectivity index (χ3v) is 6.65. The first kappa shape index (κ1) is 14.7. The summed E-state index contributed by atoms with van der Waals surface area (Å²) in [5.41, 5.74) is 0. The van der Waals surface area contributed by atoms with Gasteiger partial charge in [0.15, 0.2) is 0 Å². The number of piperazine rings is 1. The van der Waals surface area contributed by atoms with Crippen molar-refractivity contribution in [2.75, 3.05) is 52.9 Å². The van der Waals surface area contributed by atoms with Crippen LogP contribution in [0, 0.1) is 5.92 Å². The van der Waals surface area contributed by atoms with Gasteiger partial charge in [0.2, 0.25) is 0 Å². The Morgan fingerprint density at radius 2 is 1.85 bits per heavy atom. The van der Waals surface area contributed by atoms with Gasteiger partial charge in [0, 0.05) is 58.9 Å². The molecule has 6 nitrogen and oxygen atoms in total. The van der Waals surface area contributed by atoms with E-state index in [1.807, 2.05) is 0 Å². The average Bonchev–Trinajstić information content (AvgIpc) is 3.11. The summed E-state index contributed by atoms with van der Waals surface area (Å²) in [6.07, 6.45) is 3.34. The minimum absolute atomic E-state index is 0.404. The summed E-state index contributed by atoms with van der Waals surface area (Å²) in [6, 6.07) is 0.404. The van der Waals surface area contributed by atoms with Gasteiger partial charge in [0.1, 0.15) is 0 Å². The fourth-order valence-electron chi connectivity index (χ4n) is 3.22. The summed E-state index contributed by atoms with van der Waals surface area (Å²) in [5.74, 6) is 0.598. The van der Waals surface area contributed by atoms with Crippen LogP contribution >= 0.6 is 0 Å². The molecule has 2 aliphatic heterocycles. The van der Waals surface area contributed by atoms with E-state index in [0.29, 0.717) is 31.6 Å². The molecule has 3 fully saturated rings. The molecular weight excluding hydrogens is 276 g/mol. The molecule has 1 saturated carbocycles. The van der Waals surface area contributed by atoms with Crippen molar-refractivity contribution in [3.05, 3.63) is 0 Å². The van der Waals surface area contributed by atoms with Crippen molar-refractivity contribution >= 4 is 10.2 Å². The van der Waals surface area contributed by atoms with Crippen molar-refractivity contribution < 1.29 is 8.42 Å². The van der Waals surface area contributed by atoms with Crippen LogP contribution in [0.5, 0.6) is 0 Å². The number of hydrogen-bond acceptors (Lipinski definition) is 4. The van der Waals surface area contributed by atoms with E-state index in [1.165, 1.54) is 12.8 Å². The van der Waals surface area contributed by atoms with E-state index >= 15 is 0 Å². The van der Waals surface area contributed by atoms with Gasteiger partial charge in [-0.25, -0.2) is 0 Å². The SMILES string of the molecule is CN(CC1CC1)S(=O)(=O)N1CCC(N2CCNCC2)C1. The molecule has 0 aromatic carbocycles. The third-order valence-electron chi connectivity index (χ3n) is 4.73. The predicted octanol–water partition coefficient (Wildman–Crippen LogP) is -0.447. The summed E-state index contributed by atoms with van der Waals surface area (Å²) in [6.45, 7) is 6.14. The lowest BCUT2D eigenvalue weighted by atomic mass is 10.2. The molecular formula is C13H26N4O2S. The van der Waals surface area contributed by atoms with E-state index in [2.05, 4.69) is 10.2 Å². The molecule has 2 saturated heterocycles. The normalized spacial score (nSPS) is 30.2. The highest BCUT2D eigenvalue weighted by atomic mass is 32.2. The first-order chi connectivity index (χ1) is 9.57. The fourth-order valence-corrected chi connectivity index (χ4v) is 4.71. The lowest BCUT2D eigenvalue weighted by Crippen LogP contribution is -2.50. The van der Waals surface area contributed by atoms with Crippen LogP contribution in [0.25, 0.3) is 0 Å². The fraction of sp³-hybridized carbons (Fsp3) is 1.00. The standard InChI is InChI=1S/C13H26N4O2S/c1-15(10-12-2-3-12)20(18,19)17-7-4-13(11-17)16-8-5-14-6-9-16/h12-14H,2-11H2,1H3. The molecule has 0 aromatic rings. The van der Waals surface area contributed by atoms with Crippen LogP contribution < -0.4 is 5.32 Å². The van der Waals surface area contributed by atoms with Gasteiger partial charge in [0.05, 0.1) is 0 Å². The van der Waals surface area contributed by atoms with Crippen molar-refractivity contribution in [2.45, 2.75) is 25.3 Å². The van der Waals surface area contributed by atoms with E-state index in [4.69, 9.17) is 0 Å². The smallest absolute Gasteiger partial charge is 0.281 e. The van der Waals surface area contributed by atoms with E-state index in [-0.39, 0.29) is 0 Å². The molecule has 1 atom stereocenters. The molecule has 1 unspecified atom stereocenters. The van der Waals surface area contributed by atoms with Crippen LogP contribution in [-0.2, 0) is 10.2 Å². The van der Waals surface area contributed by atoms with Crippen LogP contribution in [0.3, 0.4) is 0 Å². The van der Waals surface area contributed by atoms with Crippen LogP contribution in [0.4, 0.5) is 0 Å². The minimum Gasteiger partial charge on any atom is -0.314 e. The highest BCUT2D eigenvalue weighted by Gasteiger charge is 2.38. The Bertz CT molecular complexity index is 432. The molecule has 0 spiro atoms. The third kappa shape index (κ3) is 3.17. The molecule has 116 valence electrons. The predicted molar refractivity (Wildman–Crippen MR) is 78.7 cm³/mol. The zero-order chi connectivity index (χ0) is 14.2. The molecule has 0 bridgehead atoms. The number of rotatable bonds is 5. The summed E-state index contributed by atoms with van der Waals surface area (Å²) < 4.78 is 28.3. The Labute approximate surface area is 122 Å². The van der Waals surface area contributed by atoms with E-state index in [9.17, 15) is 8.42 Å². The molecule has 0 aromatic heterocycles. The van der Waals surface area contributed by atoms with Crippen LogP contribution in [0.1, 0.15) is 19.3 Å². The van der Waals surface area contributed by atoms with Gasteiger partial charge < -0.3 is 5.32 Å². The van der Waals surface area contributed by atoms with Gasteiger partial charge in [-0.2, -0.15) is 17.0 Å². The van der Waals surface area contributed by atoms with Gasteiger partial charge >= 0.3 is 0 Å². The molecule has 3 rings (SSSR count). The molecule has 1 aliphatic carbocycles. The van der Waals surface area contributed by atoms with Crippen LogP contribution in [0.2, 0.25) is 0 Å². The second kappa shape index (κ2) is 5.88. The van der Waals surface area contributed by atoms with Crippen molar-refractivity contribution in [2.24, 2.45) is 5.92 Å². The summed E-state index contributed by atoms with van der Waals surface area (Å²) >= 11 is 0. The van der Waals surface area contributed by atoms with Crippen molar-refractivity contribution in [3.63, 3.8) is 0 Å². The maximum atomic E-state index is 12.5. The van der Waals surface area contributed by atoms with Crippen molar-refractivity contribution in [1.82, 2.24) is 18.8 Å². The first-order valence-electron chi connectivity index (χ1n) is 7.73. The lowest BCUT2D eigenvalue weighted by Gasteiger charge is -2.32. The number of nitrogens with one attached hydrogen (secondary N) is 1. The first-order valence-corrected chi connectivity index (χ1v) is 9.13. The summed E-state index contributed by atoms with van der Waals surface area (Å²) in [4.78, 5) is 2.44. The summed E-state index contributed by atoms with van der Waals surface area (Å²) in [5, 5.41) is 3.34. The van der Waals surface area contributed by atoms with Crippen LogP contribution in [-0.4, -0.2) is 80.8 Å². The van der Waals surface area contributed by atoms with Crippen molar-refractivity contribution in [3.8, 4) is 0 Å². The second-order valence-electron chi connectivity index (χ2n) is 6.32. The Balaban J connectivity index is 1.57. The zero-order valence-electron chi connectivity index (χ0n) is 12.3. The lowest BCUT2D eigenvalue weighted by molar-refractivity contribution is 0.179. The van der Waals surface area contributed by atoms with Gasteiger partial charge in [-0.1, -0.05) is 0 Å². The maximum Gasteiger partial charge on any atom is 0.281 e. The Kier molecular flexibility index (Phi) is 4.33. The van der Waals surface area contributed by atoms with E-state index in [0.717, 1.165) is 32.6 Å². The van der Waals surface area contributed by atoms with E-state index < -0.39 is 10.2 Å². The quantitative estimate of drug-likeness (QED) is 0.747. The van der Waals surface area contributed by atoms with Gasteiger partial charge in [-0.15, -0.1) is 0 Å². The zero-order valence-corrected chi connectivity index (χ0v) is 13.1. The summed E-state index contributed by atoms with van der Waals surface area (Å²) in [7, 11) is -1.51. The minimum atomic E-state index is -3.24. The molecule has 7 heteroatoms. The Hall–Kier alpha value is -0.210. The highest BCUT2D eigenvalue weighted by molar-refractivity contribution is 7.86. The Morgan fingerprint density at radius 1 is 1.15 bits per heavy atom. The molecule has 20 heavy (non-hydrogen) atoms. The van der Waals surface area contributed by atoms with E-state index in [1.54, 1.807) is 15.7 Å². The molecule has 1 N–H and O–H groups in total. The van der Waals surface area contributed by atoms with Gasteiger partial charge in [-0.05, 0) is 25.2 Å². The average molecular weight is 302 g/mol. The largest absolute Gasteiger partial charge is 0.314 e. The molecule has 3 aliphatic rings. The molecule has 2 heterocycles. The maximum absolute atomic E-state index is 12.5. The van der Waals surface area contributed by atoms with Crippen molar-refractivity contribution in [1.29, 1.82) is 0 Å². The number of hydrogen-bond donors (Lipinski definition) is 1. The van der Waals surface area contributed by atoms with Crippen LogP contribution in [0.15, 0.2) is 0 Å². The highest BCUT2D eigenvalue weighted by Crippen LogP contribution is 2.31. The van der Waals surface area contributed by atoms with Gasteiger partial charge in [0.25, 0.3) is 10.2 Å². The Morgan fingerprint density at radius 3 is 2.50 bits per heavy atom. The van der Waals surface area contributed by atoms with Gasteiger partial charge in [-0.3, -0.25) is 4.90 Å². The topological polar surface area (TPSA) is 55.9 Å². The molecule has 0 radical (unpaired) electrons. The molecule has 0 amide bonds.